The van der Waals surface area contributed by atoms with E-state index in [1.165, 1.54) is 6.07 Å². The van der Waals surface area contributed by atoms with Crippen molar-refractivity contribution < 1.29 is 32.4 Å². The van der Waals surface area contributed by atoms with Crippen molar-refractivity contribution in [3.05, 3.63) is 33.8 Å². The predicted molar refractivity (Wildman–Crippen MR) is 65.6 cm³/mol. The summed E-state index contributed by atoms with van der Waals surface area (Å²) in [5.74, 6) is -2.97. The summed E-state index contributed by atoms with van der Waals surface area (Å²) in [7, 11) is 0. The maximum absolute atomic E-state index is 12.9. The van der Waals surface area contributed by atoms with Gasteiger partial charge in [-0.3, -0.25) is 9.59 Å². The van der Waals surface area contributed by atoms with Crippen molar-refractivity contribution in [1.82, 2.24) is 5.06 Å². The fourth-order valence-electron chi connectivity index (χ4n) is 1.75. The number of nitrogens with zero attached hydrogens (tertiary/aromatic N) is 1. The molecule has 0 saturated carbocycles. The Hall–Kier alpha value is -1.90. The average Bonchev–Trinajstić information content (AvgIpc) is 2.69. The first-order valence-electron chi connectivity index (χ1n) is 5.65. The Bertz CT molecular complexity index is 613. The average molecular weight is 366 g/mol. The van der Waals surface area contributed by atoms with Crippen LogP contribution in [0.2, 0.25) is 0 Å². The third kappa shape index (κ3) is 3.07. The topological polar surface area (TPSA) is 63.7 Å². The van der Waals surface area contributed by atoms with Crippen LogP contribution in [0.4, 0.5) is 13.2 Å². The molecular weight excluding hydrogens is 359 g/mol. The Kier molecular flexibility index (Phi) is 4.04. The SMILES string of the molecule is O=C(ON1C(=O)CCC1=O)c1c(Br)cccc1C(F)(F)F. The molecule has 1 aliphatic heterocycles. The van der Waals surface area contributed by atoms with Crippen molar-refractivity contribution in [2.75, 3.05) is 0 Å². The Morgan fingerprint density at radius 1 is 1.19 bits per heavy atom. The smallest absolute Gasteiger partial charge is 0.325 e. The van der Waals surface area contributed by atoms with Gasteiger partial charge >= 0.3 is 12.1 Å². The van der Waals surface area contributed by atoms with Crippen molar-refractivity contribution in [1.29, 1.82) is 0 Å². The summed E-state index contributed by atoms with van der Waals surface area (Å²) >= 11 is 2.83. The minimum Gasteiger partial charge on any atom is -0.325 e. The van der Waals surface area contributed by atoms with Gasteiger partial charge in [-0.1, -0.05) is 6.07 Å². The molecule has 0 bridgehead atoms. The van der Waals surface area contributed by atoms with E-state index in [9.17, 15) is 27.6 Å². The fourth-order valence-corrected chi connectivity index (χ4v) is 2.28. The van der Waals surface area contributed by atoms with Crippen LogP contribution in [-0.4, -0.2) is 22.8 Å². The van der Waals surface area contributed by atoms with E-state index in [0.717, 1.165) is 6.07 Å². The molecule has 5 nitrogen and oxygen atoms in total. The molecule has 0 spiro atoms. The second kappa shape index (κ2) is 5.47. The van der Waals surface area contributed by atoms with Gasteiger partial charge in [-0.15, -0.1) is 5.06 Å². The van der Waals surface area contributed by atoms with Crippen LogP contribution in [0.15, 0.2) is 22.7 Å². The lowest BCUT2D eigenvalue weighted by atomic mass is 10.1. The number of amides is 2. The molecule has 1 aromatic carbocycles. The lowest BCUT2D eigenvalue weighted by Gasteiger charge is -2.16. The van der Waals surface area contributed by atoms with Gasteiger partial charge in [0, 0.05) is 17.3 Å². The molecule has 0 aliphatic carbocycles. The van der Waals surface area contributed by atoms with Crippen LogP contribution in [0.1, 0.15) is 28.8 Å². The molecule has 9 heteroatoms. The van der Waals surface area contributed by atoms with Gasteiger partial charge in [0.25, 0.3) is 11.8 Å². The minimum atomic E-state index is -4.78. The van der Waals surface area contributed by atoms with Gasteiger partial charge in [0.05, 0.1) is 11.1 Å². The molecule has 2 amide bonds. The molecule has 1 fully saturated rings. The Morgan fingerprint density at radius 3 is 2.29 bits per heavy atom. The predicted octanol–water partition coefficient (Wildman–Crippen LogP) is 2.69. The highest BCUT2D eigenvalue weighted by Gasteiger charge is 2.39. The molecule has 1 heterocycles. The standard InChI is InChI=1S/C12H7BrF3NO4/c13-7-3-1-2-6(12(14,15)16)10(7)11(20)21-17-8(18)4-5-9(17)19/h1-3H,4-5H2. The number of carbonyl (C=O) groups is 3. The summed E-state index contributed by atoms with van der Waals surface area (Å²) in [6.45, 7) is 0. The second-order valence-corrected chi connectivity index (χ2v) is 4.98. The van der Waals surface area contributed by atoms with E-state index in [-0.39, 0.29) is 22.4 Å². The molecule has 1 saturated heterocycles. The highest BCUT2D eigenvalue weighted by Crippen LogP contribution is 2.35. The maximum atomic E-state index is 12.9. The van der Waals surface area contributed by atoms with Crippen molar-refractivity contribution in [3.8, 4) is 0 Å². The summed E-state index contributed by atoms with van der Waals surface area (Å²) in [5, 5.41) is 0.196. The normalized spacial score (nSPS) is 15.5. The van der Waals surface area contributed by atoms with E-state index in [0.29, 0.717) is 6.07 Å². The highest BCUT2D eigenvalue weighted by atomic mass is 79.9. The van der Waals surface area contributed by atoms with Crippen LogP contribution < -0.4 is 0 Å². The minimum absolute atomic E-state index is 0.145. The quantitative estimate of drug-likeness (QED) is 0.756. The number of rotatable bonds is 2. The highest BCUT2D eigenvalue weighted by molar-refractivity contribution is 9.10. The van der Waals surface area contributed by atoms with Gasteiger partial charge in [0.15, 0.2) is 0 Å². The Labute approximate surface area is 124 Å². The first-order chi connectivity index (χ1) is 9.71. The van der Waals surface area contributed by atoms with Crippen molar-refractivity contribution in [3.63, 3.8) is 0 Å². The van der Waals surface area contributed by atoms with E-state index in [4.69, 9.17) is 0 Å². The maximum Gasteiger partial charge on any atom is 0.417 e. The molecule has 0 unspecified atom stereocenters. The van der Waals surface area contributed by atoms with Gasteiger partial charge < -0.3 is 4.84 Å². The second-order valence-electron chi connectivity index (χ2n) is 4.12. The summed E-state index contributed by atoms with van der Waals surface area (Å²) in [6.07, 6.45) is -5.07. The number of carbonyl (C=O) groups excluding carboxylic acids is 3. The van der Waals surface area contributed by atoms with Crippen molar-refractivity contribution in [2.45, 2.75) is 19.0 Å². The third-order valence-electron chi connectivity index (χ3n) is 2.70. The zero-order valence-electron chi connectivity index (χ0n) is 10.2. The lowest BCUT2D eigenvalue weighted by Crippen LogP contribution is -2.32. The van der Waals surface area contributed by atoms with Gasteiger partial charge in [0.1, 0.15) is 0 Å². The number of benzene rings is 1. The lowest BCUT2D eigenvalue weighted by molar-refractivity contribution is -0.172. The molecule has 112 valence electrons. The molecule has 21 heavy (non-hydrogen) atoms. The van der Waals surface area contributed by atoms with Gasteiger partial charge in [-0.25, -0.2) is 4.79 Å². The van der Waals surface area contributed by atoms with E-state index >= 15 is 0 Å². The summed E-state index contributed by atoms with van der Waals surface area (Å²) in [6, 6.07) is 3.03. The van der Waals surface area contributed by atoms with E-state index in [1.807, 2.05) is 0 Å². The molecular formula is C12H7BrF3NO4. The molecule has 0 N–H and O–H groups in total. The van der Waals surface area contributed by atoms with Crippen molar-refractivity contribution >= 4 is 33.7 Å². The number of hydrogen-bond acceptors (Lipinski definition) is 4. The number of halogens is 4. The zero-order valence-corrected chi connectivity index (χ0v) is 11.8. The van der Waals surface area contributed by atoms with Gasteiger partial charge in [-0.05, 0) is 28.1 Å². The van der Waals surface area contributed by atoms with Crippen LogP contribution in [0.25, 0.3) is 0 Å². The molecule has 0 aromatic heterocycles. The largest absolute Gasteiger partial charge is 0.417 e. The first-order valence-corrected chi connectivity index (χ1v) is 6.45. The molecule has 0 radical (unpaired) electrons. The molecule has 1 aromatic rings. The Balaban J connectivity index is 2.36. The monoisotopic (exact) mass is 365 g/mol. The Morgan fingerprint density at radius 2 is 1.76 bits per heavy atom. The summed E-state index contributed by atoms with van der Waals surface area (Å²) < 4.78 is 38.5. The number of hydroxylamine groups is 2. The number of imide groups is 1. The van der Waals surface area contributed by atoms with Crippen LogP contribution in [0.3, 0.4) is 0 Å². The molecule has 1 aliphatic rings. The first kappa shape index (κ1) is 15.5. The molecule has 0 atom stereocenters. The molecule has 2 rings (SSSR count). The van der Waals surface area contributed by atoms with Crippen LogP contribution in [-0.2, 0) is 20.6 Å². The van der Waals surface area contributed by atoms with E-state index in [1.54, 1.807) is 0 Å². The summed E-state index contributed by atoms with van der Waals surface area (Å²) in [4.78, 5) is 39.0. The zero-order chi connectivity index (χ0) is 15.8. The van der Waals surface area contributed by atoms with Crippen LogP contribution in [0, 0.1) is 0 Å². The van der Waals surface area contributed by atoms with Gasteiger partial charge in [-0.2, -0.15) is 13.2 Å². The van der Waals surface area contributed by atoms with Crippen LogP contribution in [0.5, 0.6) is 0 Å². The van der Waals surface area contributed by atoms with Crippen molar-refractivity contribution in [2.24, 2.45) is 0 Å². The number of alkyl halides is 3. The third-order valence-corrected chi connectivity index (χ3v) is 3.36. The van der Waals surface area contributed by atoms with Gasteiger partial charge in [0.2, 0.25) is 0 Å². The van der Waals surface area contributed by atoms with E-state index in [2.05, 4.69) is 20.8 Å². The number of hydrogen-bond donors (Lipinski definition) is 0. The fraction of sp³-hybridized carbons (Fsp3) is 0.250. The van der Waals surface area contributed by atoms with E-state index < -0.39 is 35.1 Å². The summed E-state index contributed by atoms with van der Waals surface area (Å²) in [5.41, 5.74) is -2.02. The van der Waals surface area contributed by atoms with Crippen LogP contribution >= 0.6 is 15.9 Å².